The van der Waals surface area contributed by atoms with Gasteiger partial charge in [0.05, 0.1) is 36.0 Å². The van der Waals surface area contributed by atoms with E-state index in [1.165, 1.54) is 0 Å². The summed E-state index contributed by atoms with van der Waals surface area (Å²) in [6, 6.07) is 0. The molecule has 0 atom stereocenters. The first-order chi connectivity index (χ1) is 9.27. The van der Waals surface area contributed by atoms with Crippen molar-refractivity contribution < 1.29 is 19.6 Å². The Morgan fingerprint density at radius 3 is 1.53 bits per heavy atom. The second-order valence-electron chi connectivity index (χ2n) is 4.46. The Bertz CT molecular complexity index is 286. The lowest BCUT2D eigenvalue weighted by molar-refractivity contribution is -0.800. The highest BCUT2D eigenvalue weighted by atomic mass is 16.9. The smallest absolute Gasteiger partial charge is 0.191 e. The SMILES string of the molecule is O=[N+](NOCON[N+](=O)N1CCCC1)N1CCCC1. The lowest BCUT2D eigenvalue weighted by atomic mass is 10.4. The Morgan fingerprint density at radius 1 is 0.789 bits per heavy atom. The average Bonchev–Trinajstić information content (AvgIpc) is 3.10. The highest BCUT2D eigenvalue weighted by Gasteiger charge is 2.26. The van der Waals surface area contributed by atoms with E-state index in [-0.39, 0.29) is 6.79 Å². The fraction of sp³-hybridized carbons (Fsp3) is 1.00. The fourth-order valence-corrected chi connectivity index (χ4v) is 2.07. The summed E-state index contributed by atoms with van der Waals surface area (Å²) in [5.74, 6) is 0. The van der Waals surface area contributed by atoms with Crippen molar-refractivity contribution in [3.8, 4) is 0 Å². The number of nitrogens with one attached hydrogen (secondary N) is 2. The molecule has 108 valence electrons. The summed E-state index contributed by atoms with van der Waals surface area (Å²) in [5, 5.41) is 3.16. The van der Waals surface area contributed by atoms with Crippen LogP contribution in [0.3, 0.4) is 0 Å². The zero-order valence-electron chi connectivity index (χ0n) is 10.8. The van der Waals surface area contributed by atoms with Gasteiger partial charge in [0.2, 0.25) is 6.79 Å². The van der Waals surface area contributed by atoms with Crippen LogP contribution in [-0.2, 0) is 9.68 Å². The maximum Gasteiger partial charge on any atom is 0.274 e. The van der Waals surface area contributed by atoms with Crippen molar-refractivity contribution in [2.24, 2.45) is 0 Å². The van der Waals surface area contributed by atoms with Crippen LogP contribution in [0.2, 0.25) is 0 Å². The molecule has 10 nitrogen and oxygen atoms in total. The summed E-state index contributed by atoms with van der Waals surface area (Å²) >= 11 is 0. The van der Waals surface area contributed by atoms with E-state index in [0.29, 0.717) is 36.1 Å². The molecule has 0 aromatic heterocycles. The van der Waals surface area contributed by atoms with Crippen molar-refractivity contribution in [3.05, 3.63) is 9.81 Å². The molecule has 2 aliphatic rings. The van der Waals surface area contributed by atoms with Gasteiger partial charge < -0.3 is 0 Å². The first-order valence-corrected chi connectivity index (χ1v) is 6.46. The van der Waals surface area contributed by atoms with E-state index in [1.807, 2.05) is 0 Å². The molecule has 2 N–H and O–H groups in total. The molecular formula is C9H20N6O4+2. The Kier molecular flexibility index (Phi) is 5.10. The number of hydrazine groups is 4. The van der Waals surface area contributed by atoms with E-state index in [9.17, 15) is 9.81 Å². The average molecular weight is 276 g/mol. The van der Waals surface area contributed by atoms with E-state index in [4.69, 9.17) is 9.68 Å². The molecule has 2 rings (SSSR count). The van der Waals surface area contributed by atoms with Gasteiger partial charge in [-0.05, 0) is 25.7 Å². The molecule has 2 heterocycles. The number of hydrogen-bond acceptors (Lipinski definition) is 4. The van der Waals surface area contributed by atoms with Crippen LogP contribution in [0.25, 0.3) is 0 Å². The normalized spacial score (nSPS) is 18.7. The molecule has 2 aliphatic heterocycles. The molecule has 0 unspecified atom stereocenters. The van der Waals surface area contributed by atoms with Crippen LogP contribution in [-0.4, -0.2) is 52.9 Å². The lowest BCUT2D eigenvalue weighted by Crippen LogP contribution is -2.43. The maximum absolute atomic E-state index is 11.4. The molecule has 0 aliphatic carbocycles. The van der Waals surface area contributed by atoms with Crippen molar-refractivity contribution >= 4 is 0 Å². The van der Waals surface area contributed by atoms with Gasteiger partial charge in [-0.15, -0.1) is 10.0 Å². The predicted octanol–water partition coefficient (Wildman–Crippen LogP) is -0.604. The monoisotopic (exact) mass is 276 g/mol. The molecule has 0 spiro atoms. The minimum atomic E-state index is -0.265. The summed E-state index contributed by atoms with van der Waals surface area (Å²) in [5.41, 5.74) is 4.34. The molecule has 0 bridgehead atoms. The summed E-state index contributed by atoms with van der Waals surface area (Å²) in [7, 11) is 0. The Balaban J connectivity index is 1.49. The van der Waals surface area contributed by atoms with E-state index < -0.39 is 0 Å². The maximum atomic E-state index is 11.4. The number of hydrogen-bond donors (Lipinski definition) is 2. The minimum absolute atomic E-state index is 0.265. The van der Waals surface area contributed by atoms with Crippen LogP contribution < -0.4 is 11.2 Å². The van der Waals surface area contributed by atoms with Crippen molar-refractivity contribution in [1.29, 1.82) is 0 Å². The summed E-state index contributed by atoms with van der Waals surface area (Å²) < 4.78 is 0. The van der Waals surface area contributed by atoms with Crippen LogP contribution in [0.4, 0.5) is 0 Å². The number of nitrogens with zero attached hydrogens (tertiary/aromatic N) is 4. The van der Waals surface area contributed by atoms with Gasteiger partial charge >= 0.3 is 0 Å². The molecular weight excluding hydrogens is 256 g/mol. The molecule has 0 saturated carbocycles. The van der Waals surface area contributed by atoms with Gasteiger partial charge in [0, 0.05) is 11.2 Å². The van der Waals surface area contributed by atoms with Gasteiger partial charge in [-0.2, -0.15) is 9.68 Å². The topological polar surface area (TPSA) is 89.2 Å². The van der Waals surface area contributed by atoms with E-state index in [1.54, 1.807) is 10.0 Å². The van der Waals surface area contributed by atoms with E-state index in [2.05, 4.69) is 11.2 Å². The van der Waals surface area contributed by atoms with Crippen molar-refractivity contribution in [3.63, 3.8) is 0 Å². The van der Waals surface area contributed by atoms with E-state index in [0.717, 1.165) is 25.7 Å². The van der Waals surface area contributed by atoms with E-state index >= 15 is 0 Å². The molecule has 10 heteroatoms. The van der Waals surface area contributed by atoms with Gasteiger partial charge in [0.1, 0.15) is 0 Å². The minimum Gasteiger partial charge on any atom is -0.191 e. The Morgan fingerprint density at radius 2 is 1.16 bits per heavy atom. The van der Waals surface area contributed by atoms with Crippen LogP contribution in [0, 0.1) is 9.81 Å². The van der Waals surface area contributed by atoms with Crippen LogP contribution in [0.15, 0.2) is 0 Å². The molecule has 0 radical (unpaired) electrons. The first-order valence-electron chi connectivity index (χ1n) is 6.46. The molecule has 19 heavy (non-hydrogen) atoms. The van der Waals surface area contributed by atoms with Gasteiger partial charge in [-0.1, -0.05) is 0 Å². The van der Waals surface area contributed by atoms with Gasteiger partial charge in [0.15, 0.2) is 0 Å². The highest BCUT2D eigenvalue weighted by Crippen LogP contribution is 2.06. The van der Waals surface area contributed by atoms with Gasteiger partial charge in [-0.25, -0.2) is 0 Å². The largest absolute Gasteiger partial charge is 0.274 e. The Labute approximate surface area is 110 Å². The summed E-state index contributed by atoms with van der Waals surface area (Å²) in [4.78, 5) is 33.4. The van der Waals surface area contributed by atoms with Gasteiger partial charge in [-0.3, -0.25) is 0 Å². The van der Waals surface area contributed by atoms with Crippen molar-refractivity contribution in [2.75, 3.05) is 33.0 Å². The molecule has 0 amide bonds. The fourth-order valence-electron chi connectivity index (χ4n) is 2.07. The van der Waals surface area contributed by atoms with Gasteiger partial charge in [0.25, 0.3) is 9.96 Å². The standard InChI is InChI=1S/C9H20N6O4/c16-14(12-5-1-2-6-12)10-18-9-19-11-15(17)13-7-3-4-8-13/h1-9H2,(H,10,16)(H,11,17)/q+2. The zero-order valence-corrected chi connectivity index (χ0v) is 10.8. The van der Waals surface area contributed by atoms with Crippen LogP contribution >= 0.6 is 0 Å². The lowest BCUT2D eigenvalue weighted by Gasteiger charge is -2.06. The highest BCUT2D eigenvalue weighted by molar-refractivity contribution is 4.55. The summed E-state index contributed by atoms with van der Waals surface area (Å²) in [6.45, 7) is 2.58. The number of rotatable bonds is 8. The van der Waals surface area contributed by atoms with Crippen LogP contribution in [0.1, 0.15) is 25.7 Å². The third kappa shape index (κ3) is 4.17. The first kappa shape index (κ1) is 13.7. The quantitative estimate of drug-likeness (QED) is 0.263. The molecule has 0 aromatic rings. The van der Waals surface area contributed by atoms with Crippen molar-refractivity contribution in [2.45, 2.75) is 25.7 Å². The number of nitroso groups, excluding NO2 is 2. The molecule has 0 aromatic carbocycles. The second-order valence-corrected chi connectivity index (χ2v) is 4.46. The second kappa shape index (κ2) is 7.04. The third-order valence-electron chi connectivity index (χ3n) is 3.08. The molecule has 2 saturated heterocycles. The Hall–Kier alpha value is -1.68. The predicted molar refractivity (Wildman–Crippen MR) is 62.2 cm³/mol. The zero-order chi connectivity index (χ0) is 13.5. The van der Waals surface area contributed by atoms with Crippen LogP contribution in [0.5, 0.6) is 0 Å². The third-order valence-corrected chi connectivity index (χ3v) is 3.08. The van der Waals surface area contributed by atoms with Crippen molar-refractivity contribution in [1.82, 2.24) is 21.2 Å². The summed E-state index contributed by atoms with van der Waals surface area (Å²) in [6.07, 6.45) is 4.00. The molecule has 2 fully saturated rings.